The number of nitrogens with zero attached hydrogens (tertiary/aromatic N) is 2. The first kappa shape index (κ1) is 9.40. The van der Waals surface area contributed by atoms with Gasteiger partial charge >= 0.3 is 0 Å². The van der Waals surface area contributed by atoms with Gasteiger partial charge in [0.25, 0.3) is 11.5 Å². The van der Waals surface area contributed by atoms with Crippen LogP contribution in [0.4, 0.5) is 0 Å². The molecule has 0 saturated heterocycles. The summed E-state index contributed by atoms with van der Waals surface area (Å²) in [6, 6.07) is 2.59. The second kappa shape index (κ2) is 3.81. The summed E-state index contributed by atoms with van der Waals surface area (Å²) in [4.78, 5) is 26.4. The normalized spacial score (nSPS) is 9.69. The number of amides is 1. The van der Waals surface area contributed by atoms with E-state index in [0.717, 1.165) is 4.68 Å². The molecule has 0 aliphatic rings. The Kier molecular flexibility index (Phi) is 2.76. The summed E-state index contributed by atoms with van der Waals surface area (Å²) in [5, 5.41) is 3.70. The lowest BCUT2D eigenvalue weighted by atomic mass is 10.4. The minimum atomic E-state index is -0.488. The van der Waals surface area contributed by atoms with Crippen molar-refractivity contribution in [2.75, 3.05) is 7.11 Å². The molecule has 1 amide bonds. The Labute approximate surface area is 74.1 Å². The lowest BCUT2D eigenvalue weighted by Gasteiger charge is -2.01. The monoisotopic (exact) mass is 183 g/mol. The highest BCUT2D eigenvalue weighted by Gasteiger charge is 2.06. The molecule has 0 unspecified atom stereocenters. The fraction of sp³-hybridized carbons (Fsp3) is 0.286. The van der Waals surface area contributed by atoms with Crippen LogP contribution in [0.5, 0.6) is 0 Å². The van der Waals surface area contributed by atoms with Crippen molar-refractivity contribution in [3.63, 3.8) is 0 Å². The molecule has 6 heteroatoms. The molecule has 0 aliphatic carbocycles. The Balaban J connectivity index is 2.97. The fourth-order valence-corrected chi connectivity index (χ4v) is 0.768. The van der Waals surface area contributed by atoms with Crippen LogP contribution in [0.2, 0.25) is 0 Å². The van der Waals surface area contributed by atoms with Crippen LogP contribution >= 0.6 is 0 Å². The van der Waals surface area contributed by atoms with Crippen LogP contribution < -0.4 is 11.0 Å². The van der Waals surface area contributed by atoms with Gasteiger partial charge in [-0.2, -0.15) is 5.10 Å². The third kappa shape index (κ3) is 2.12. The van der Waals surface area contributed by atoms with Gasteiger partial charge in [0.1, 0.15) is 0 Å². The molecule has 13 heavy (non-hydrogen) atoms. The number of aryl methyl sites for hydroxylation is 1. The molecule has 0 aliphatic heterocycles. The number of aromatic nitrogens is 2. The van der Waals surface area contributed by atoms with Gasteiger partial charge in [-0.3, -0.25) is 14.4 Å². The second-order valence-electron chi connectivity index (χ2n) is 2.32. The van der Waals surface area contributed by atoms with Crippen molar-refractivity contribution in [2.24, 2.45) is 7.05 Å². The smallest absolute Gasteiger partial charge is 0.277 e. The van der Waals surface area contributed by atoms with Gasteiger partial charge in [-0.05, 0) is 6.07 Å². The Morgan fingerprint density at radius 1 is 1.62 bits per heavy atom. The number of nitrogens with one attached hydrogen (secondary N) is 1. The zero-order chi connectivity index (χ0) is 9.84. The van der Waals surface area contributed by atoms with E-state index in [1.54, 1.807) is 0 Å². The van der Waals surface area contributed by atoms with Gasteiger partial charge in [0.05, 0.1) is 7.11 Å². The standard InChI is InChI=1S/C7H9N3O3/c1-10-6(11)4-3-5(8-10)7(12)9-13-2/h3-4H,1-2H3,(H,9,12). The fourth-order valence-electron chi connectivity index (χ4n) is 0.768. The lowest BCUT2D eigenvalue weighted by Crippen LogP contribution is -2.27. The quantitative estimate of drug-likeness (QED) is 0.601. The summed E-state index contributed by atoms with van der Waals surface area (Å²) in [7, 11) is 2.78. The molecule has 0 radical (unpaired) electrons. The molecule has 1 aromatic rings. The highest BCUT2D eigenvalue weighted by atomic mass is 16.6. The molecule has 6 nitrogen and oxygen atoms in total. The molecule has 0 saturated carbocycles. The van der Waals surface area contributed by atoms with Crippen molar-refractivity contribution in [2.45, 2.75) is 0 Å². The van der Waals surface area contributed by atoms with Crippen LogP contribution in [0.15, 0.2) is 16.9 Å². The molecule has 1 heterocycles. The first-order valence-electron chi connectivity index (χ1n) is 3.53. The van der Waals surface area contributed by atoms with Gasteiger partial charge in [-0.1, -0.05) is 0 Å². The molecule has 1 aromatic heterocycles. The van der Waals surface area contributed by atoms with E-state index in [2.05, 4.69) is 15.4 Å². The number of carbonyl (C=O) groups excluding carboxylic acids is 1. The molecule has 1 rings (SSSR count). The maximum absolute atomic E-state index is 11.1. The van der Waals surface area contributed by atoms with E-state index in [9.17, 15) is 9.59 Å². The van der Waals surface area contributed by atoms with Gasteiger partial charge in [0, 0.05) is 13.1 Å². The summed E-state index contributed by atoms with van der Waals surface area (Å²) >= 11 is 0. The van der Waals surface area contributed by atoms with Crippen molar-refractivity contribution in [3.8, 4) is 0 Å². The Morgan fingerprint density at radius 2 is 2.31 bits per heavy atom. The molecule has 0 atom stereocenters. The highest BCUT2D eigenvalue weighted by molar-refractivity contribution is 5.91. The molecule has 0 bridgehead atoms. The minimum absolute atomic E-state index is 0.129. The highest BCUT2D eigenvalue weighted by Crippen LogP contribution is 1.88. The topological polar surface area (TPSA) is 73.2 Å². The average Bonchev–Trinajstić information content (AvgIpc) is 2.10. The third-order valence-electron chi connectivity index (χ3n) is 1.39. The third-order valence-corrected chi connectivity index (χ3v) is 1.39. The van der Waals surface area contributed by atoms with Crippen LogP contribution in [-0.4, -0.2) is 22.8 Å². The van der Waals surface area contributed by atoms with E-state index in [0.29, 0.717) is 0 Å². The molecule has 0 fully saturated rings. The predicted molar refractivity (Wildman–Crippen MR) is 44.0 cm³/mol. The summed E-state index contributed by atoms with van der Waals surface area (Å²) in [6.45, 7) is 0. The molecular weight excluding hydrogens is 174 g/mol. The summed E-state index contributed by atoms with van der Waals surface area (Å²) in [6.07, 6.45) is 0. The summed E-state index contributed by atoms with van der Waals surface area (Å²) in [5.41, 5.74) is 1.95. The van der Waals surface area contributed by atoms with Gasteiger partial charge in [-0.25, -0.2) is 10.2 Å². The van der Waals surface area contributed by atoms with E-state index in [1.807, 2.05) is 0 Å². The number of carbonyl (C=O) groups is 1. The summed E-state index contributed by atoms with van der Waals surface area (Å²) < 4.78 is 1.07. The average molecular weight is 183 g/mol. The number of hydrogen-bond acceptors (Lipinski definition) is 4. The molecule has 70 valence electrons. The van der Waals surface area contributed by atoms with Crippen molar-refractivity contribution in [3.05, 3.63) is 28.2 Å². The van der Waals surface area contributed by atoms with Crippen LogP contribution in [0.3, 0.4) is 0 Å². The van der Waals surface area contributed by atoms with E-state index in [1.165, 1.54) is 26.3 Å². The number of hydroxylamine groups is 1. The number of hydrogen-bond donors (Lipinski definition) is 1. The van der Waals surface area contributed by atoms with E-state index < -0.39 is 5.91 Å². The predicted octanol–water partition coefficient (Wildman–Crippen LogP) is -0.929. The number of rotatable bonds is 2. The first-order valence-corrected chi connectivity index (χ1v) is 3.53. The van der Waals surface area contributed by atoms with Crippen LogP contribution in [0, 0.1) is 0 Å². The zero-order valence-corrected chi connectivity index (χ0v) is 7.27. The Morgan fingerprint density at radius 3 is 2.85 bits per heavy atom. The van der Waals surface area contributed by atoms with Gasteiger partial charge in [0.15, 0.2) is 5.69 Å². The maximum atomic E-state index is 11.1. The van der Waals surface area contributed by atoms with Gasteiger partial charge in [-0.15, -0.1) is 0 Å². The Bertz CT molecular complexity index is 371. The maximum Gasteiger partial charge on any atom is 0.295 e. The van der Waals surface area contributed by atoms with Crippen molar-refractivity contribution in [1.82, 2.24) is 15.3 Å². The Hall–Kier alpha value is -1.69. The lowest BCUT2D eigenvalue weighted by molar-refractivity contribution is 0.0530. The van der Waals surface area contributed by atoms with Crippen molar-refractivity contribution >= 4 is 5.91 Å². The molecule has 1 N–H and O–H groups in total. The van der Waals surface area contributed by atoms with Crippen LogP contribution in [-0.2, 0) is 11.9 Å². The largest absolute Gasteiger partial charge is 0.295 e. The van der Waals surface area contributed by atoms with E-state index >= 15 is 0 Å². The first-order chi connectivity index (χ1) is 6.15. The zero-order valence-electron chi connectivity index (χ0n) is 7.27. The van der Waals surface area contributed by atoms with Crippen LogP contribution in [0.1, 0.15) is 10.5 Å². The van der Waals surface area contributed by atoms with Crippen molar-refractivity contribution in [1.29, 1.82) is 0 Å². The van der Waals surface area contributed by atoms with Crippen molar-refractivity contribution < 1.29 is 9.63 Å². The van der Waals surface area contributed by atoms with Gasteiger partial charge < -0.3 is 0 Å². The molecule has 0 spiro atoms. The van der Waals surface area contributed by atoms with Crippen LogP contribution in [0.25, 0.3) is 0 Å². The minimum Gasteiger partial charge on any atom is -0.277 e. The van der Waals surface area contributed by atoms with E-state index in [4.69, 9.17) is 0 Å². The van der Waals surface area contributed by atoms with Gasteiger partial charge in [0.2, 0.25) is 0 Å². The SMILES string of the molecule is CONC(=O)c1ccc(=O)n(C)n1. The summed E-state index contributed by atoms with van der Waals surface area (Å²) in [5.74, 6) is -0.488. The van der Waals surface area contributed by atoms with E-state index in [-0.39, 0.29) is 11.3 Å². The molecular formula is C7H9N3O3. The molecule has 0 aromatic carbocycles. The second-order valence-corrected chi connectivity index (χ2v) is 2.32.